The maximum absolute atomic E-state index is 12.3. The van der Waals surface area contributed by atoms with Crippen molar-refractivity contribution in [3.8, 4) is 0 Å². The average Bonchev–Trinajstić information content (AvgIpc) is 2.73. The van der Waals surface area contributed by atoms with E-state index in [1.807, 2.05) is 0 Å². The Bertz CT molecular complexity index is 449. The molecule has 0 radical (unpaired) electrons. The molecule has 3 aliphatic rings. The van der Waals surface area contributed by atoms with E-state index >= 15 is 0 Å². The summed E-state index contributed by atoms with van der Waals surface area (Å²) in [5, 5.41) is 11.5. The number of carboxylic acids is 1. The Hall–Kier alpha value is -1.99. The molecule has 20 heavy (non-hydrogen) atoms. The van der Waals surface area contributed by atoms with E-state index in [0.29, 0.717) is 39.3 Å². The number of urea groups is 2. The summed E-state index contributed by atoms with van der Waals surface area (Å²) in [6.07, 6.45) is 0.124. The van der Waals surface area contributed by atoms with Crippen molar-refractivity contribution in [3.05, 3.63) is 0 Å². The quantitative estimate of drug-likeness (QED) is 0.695. The predicted octanol–water partition coefficient (Wildman–Crippen LogP) is -0.778. The Kier molecular flexibility index (Phi) is 3.15. The van der Waals surface area contributed by atoms with Crippen molar-refractivity contribution in [3.63, 3.8) is 0 Å². The van der Waals surface area contributed by atoms with Crippen LogP contribution >= 0.6 is 0 Å². The average molecular weight is 282 g/mol. The Morgan fingerprint density at radius 3 is 2.65 bits per heavy atom. The highest BCUT2D eigenvalue weighted by atomic mass is 16.4. The molecule has 3 saturated heterocycles. The normalized spacial score (nSPS) is 26.1. The van der Waals surface area contributed by atoms with Gasteiger partial charge in [-0.3, -0.25) is 4.79 Å². The summed E-state index contributed by atoms with van der Waals surface area (Å²) in [6.45, 7) is 3.29. The molecule has 3 rings (SSSR count). The van der Waals surface area contributed by atoms with Crippen molar-refractivity contribution in [1.82, 2.24) is 20.0 Å². The van der Waals surface area contributed by atoms with Crippen LogP contribution < -0.4 is 5.32 Å². The van der Waals surface area contributed by atoms with Gasteiger partial charge in [-0.15, -0.1) is 0 Å². The second kappa shape index (κ2) is 4.84. The van der Waals surface area contributed by atoms with Crippen LogP contribution in [0.3, 0.4) is 0 Å². The Balaban J connectivity index is 1.50. The van der Waals surface area contributed by atoms with Crippen molar-refractivity contribution in [2.24, 2.45) is 5.92 Å². The highest BCUT2D eigenvalue weighted by Crippen LogP contribution is 2.22. The molecular weight excluding hydrogens is 264 g/mol. The molecule has 0 saturated carbocycles. The zero-order valence-corrected chi connectivity index (χ0v) is 11.1. The van der Waals surface area contributed by atoms with Gasteiger partial charge in [0.2, 0.25) is 0 Å². The van der Waals surface area contributed by atoms with E-state index < -0.39 is 5.97 Å². The number of carboxylic acid groups (broad SMARTS) is 1. The lowest BCUT2D eigenvalue weighted by molar-refractivity contribution is -0.139. The summed E-state index contributed by atoms with van der Waals surface area (Å²) < 4.78 is 0. The Morgan fingerprint density at radius 1 is 1.20 bits per heavy atom. The van der Waals surface area contributed by atoms with Crippen molar-refractivity contribution in [2.45, 2.75) is 12.5 Å². The van der Waals surface area contributed by atoms with Gasteiger partial charge in [0.1, 0.15) is 0 Å². The maximum atomic E-state index is 12.3. The number of amides is 4. The molecule has 8 nitrogen and oxygen atoms in total. The molecule has 2 N–H and O–H groups in total. The monoisotopic (exact) mass is 282 g/mol. The maximum Gasteiger partial charge on any atom is 0.320 e. The number of nitrogens with zero attached hydrogens (tertiary/aromatic N) is 3. The molecule has 4 amide bonds. The first kappa shape index (κ1) is 13.0. The zero-order valence-electron chi connectivity index (χ0n) is 11.1. The van der Waals surface area contributed by atoms with Gasteiger partial charge in [-0.05, 0) is 0 Å². The fourth-order valence-corrected chi connectivity index (χ4v) is 3.08. The van der Waals surface area contributed by atoms with Crippen molar-refractivity contribution < 1.29 is 19.5 Å². The van der Waals surface area contributed by atoms with Gasteiger partial charge in [0.25, 0.3) is 0 Å². The van der Waals surface area contributed by atoms with Gasteiger partial charge in [0.15, 0.2) is 0 Å². The summed E-state index contributed by atoms with van der Waals surface area (Å²) >= 11 is 0. The number of aliphatic carboxylic acids is 1. The van der Waals surface area contributed by atoms with Crippen molar-refractivity contribution in [2.75, 3.05) is 39.3 Å². The third kappa shape index (κ3) is 2.25. The van der Waals surface area contributed by atoms with Crippen molar-refractivity contribution in [1.29, 1.82) is 0 Å². The third-order valence-corrected chi connectivity index (χ3v) is 4.19. The molecule has 110 valence electrons. The standard InChI is InChI=1S/C12H18N4O4/c17-10(18)3-8-5-15(6-8)12(20)14-1-2-16-9(7-14)4-13-11(16)19/h8-9H,1-7H2,(H,13,19)(H,17,18). The van der Waals surface area contributed by atoms with Crippen LogP contribution in [0.2, 0.25) is 0 Å². The van der Waals surface area contributed by atoms with E-state index in [2.05, 4.69) is 5.32 Å². The second-order valence-corrected chi connectivity index (χ2v) is 5.63. The second-order valence-electron chi connectivity index (χ2n) is 5.63. The molecule has 0 aromatic heterocycles. The minimum atomic E-state index is -0.814. The van der Waals surface area contributed by atoms with E-state index in [4.69, 9.17) is 5.11 Å². The molecule has 3 heterocycles. The van der Waals surface area contributed by atoms with Gasteiger partial charge < -0.3 is 25.1 Å². The number of hydrogen-bond donors (Lipinski definition) is 2. The Labute approximate surface area is 116 Å². The number of fused-ring (bicyclic) bond motifs is 1. The molecule has 0 aromatic rings. The van der Waals surface area contributed by atoms with E-state index in [-0.39, 0.29) is 30.4 Å². The van der Waals surface area contributed by atoms with Gasteiger partial charge in [-0.1, -0.05) is 0 Å². The molecular formula is C12H18N4O4. The molecule has 1 atom stereocenters. The van der Waals surface area contributed by atoms with Crippen LogP contribution in [0.15, 0.2) is 0 Å². The van der Waals surface area contributed by atoms with Crippen LogP contribution in [0.4, 0.5) is 9.59 Å². The number of rotatable bonds is 2. The molecule has 3 fully saturated rings. The van der Waals surface area contributed by atoms with E-state index in [1.54, 1.807) is 14.7 Å². The number of hydrogen-bond acceptors (Lipinski definition) is 3. The lowest BCUT2D eigenvalue weighted by atomic mass is 9.97. The first-order valence-electron chi connectivity index (χ1n) is 6.84. The van der Waals surface area contributed by atoms with Crippen LogP contribution in [0.1, 0.15) is 6.42 Å². The van der Waals surface area contributed by atoms with Crippen LogP contribution in [0.5, 0.6) is 0 Å². The number of carbonyl (C=O) groups is 3. The smallest absolute Gasteiger partial charge is 0.320 e. The molecule has 8 heteroatoms. The fraction of sp³-hybridized carbons (Fsp3) is 0.750. The van der Waals surface area contributed by atoms with E-state index in [1.165, 1.54) is 0 Å². The van der Waals surface area contributed by atoms with Crippen LogP contribution in [-0.4, -0.2) is 83.1 Å². The van der Waals surface area contributed by atoms with Crippen molar-refractivity contribution >= 4 is 18.0 Å². The minimum absolute atomic E-state index is 0.0364. The summed E-state index contributed by atoms with van der Waals surface area (Å²) in [5.41, 5.74) is 0. The van der Waals surface area contributed by atoms with Gasteiger partial charge in [0, 0.05) is 45.2 Å². The molecule has 0 bridgehead atoms. The lowest BCUT2D eigenvalue weighted by Gasteiger charge is -2.44. The number of piperazine rings is 1. The molecule has 0 aromatic carbocycles. The molecule has 0 spiro atoms. The number of carbonyl (C=O) groups excluding carboxylic acids is 2. The number of nitrogens with one attached hydrogen (secondary N) is 1. The van der Waals surface area contributed by atoms with Crippen LogP contribution in [0, 0.1) is 5.92 Å². The summed E-state index contributed by atoms with van der Waals surface area (Å²) in [7, 11) is 0. The van der Waals surface area contributed by atoms with Gasteiger partial charge >= 0.3 is 18.0 Å². The highest BCUT2D eigenvalue weighted by molar-refractivity contribution is 5.79. The third-order valence-electron chi connectivity index (χ3n) is 4.19. The molecule has 1 unspecified atom stereocenters. The summed E-state index contributed by atoms with van der Waals surface area (Å²) in [6, 6.07) is -0.0190. The topological polar surface area (TPSA) is 93.2 Å². The van der Waals surface area contributed by atoms with Crippen LogP contribution in [0.25, 0.3) is 0 Å². The van der Waals surface area contributed by atoms with E-state index in [9.17, 15) is 14.4 Å². The van der Waals surface area contributed by atoms with Gasteiger partial charge in [0.05, 0.1) is 12.5 Å². The van der Waals surface area contributed by atoms with Crippen LogP contribution in [-0.2, 0) is 4.79 Å². The summed E-state index contributed by atoms with van der Waals surface area (Å²) in [4.78, 5) is 39.5. The molecule has 3 aliphatic heterocycles. The first-order chi connectivity index (χ1) is 9.54. The SMILES string of the molecule is O=C(O)CC1CN(C(=O)N2CCN3C(=O)NCC3C2)C1. The molecule has 0 aliphatic carbocycles. The minimum Gasteiger partial charge on any atom is -0.481 e. The number of likely N-dealkylation sites (tertiary alicyclic amines) is 1. The largest absolute Gasteiger partial charge is 0.481 e. The lowest BCUT2D eigenvalue weighted by Crippen LogP contribution is -2.60. The predicted molar refractivity (Wildman–Crippen MR) is 68.2 cm³/mol. The fourth-order valence-electron chi connectivity index (χ4n) is 3.08. The van der Waals surface area contributed by atoms with Gasteiger partial charge in [-0.25, -0.2) is 9.59 Å². The Morgan fingerprint density at radius 2 is 1.95 bits per heavy atom. The zero-order chi connectivity index (χ0) is 14.3. The van der Waals surface area contributed by atoms with Gasteiger partial charge in [-0.2, -0.15) is 0 Å². The highest BCUT2D eigenvalue weighted by Gasteiger charge is 2.40. The first-order valence-corrected chi connectivity index (χ1v) is 6.84. The summed E-state index contributed by atoms with van der Waals surface area (Å²) in [5.74, 6) is -0.737. The van der Waals surface area contributed by atoms with E-state index in [0.717, 1.165) is 0 Å².